The van der Waals surface area contributed by atoms with Gasteiger partial charge < -0.3 is 36.2 Å². The SMILES string of the molecule is CN(C)C1C(O)C(C(N)=O)C(=O)C2(O)C(O)=C3C(=O)c4c(O)ccc(Cl)c4C(O)C3CC12. The van der Waals surface area contributed by atoms with E-state index in [9.17, 15) is 39.9 Å². The first-order valence-corrected chi connectivity index (χ1v) is 10.3. The molecule has 3 aliphatic rings. The van der Waals surface area contributed by atoms with E-state index in [1.54, 1.807) is 14.1 Å². The quantitative estimate of drug-likeness (QED) is 0.311. The molecule has 0 bridgehead atoms. The van der Waals surface area contributed by atoms with Crippen LogP contribution in [0, 0.1) is 17.8 Å². The van der Waals surface area contributed by atoms with Crippen molar-refractivity contribution in [3.63, 3.8) is 0 Å². The van der Waals surface area contributed by atoms with Crippen molar-refractivity contribution >= 4 is 29.1 Å². The van der Waals surface area contributed by atoms with Gasteiger partial charge in [0, 0.05) is 34.0 Å². The largest absolute Gasteiger partial charge is 0.508 e. The van der Waals surface area contributed by atoms with Crippen LogP contribution in [-0.4, -0.2) is 79.7 Å². The zero-order chi connectivity index (χ0) is 23.9. The number of nitrogens with two attached hydrogens (primary N) is 1. The molecule has 32 heavy (non-hydrogen) atoms. The maximum atomic E-state index is 13.3. The average Bonchev–Trinajstić information content (AvgIpc) is 2.69. The van der Waals surface area contributed by atoms with Crippen LogP contribution in [0.25, 0.3) is 0 Å². The highest BCUT2D eigenvalue weighted by Gasteiger charge is 2.66. The van der Waals surface area contributed by atoms with Crippen molar-refractivity contribution in [1.29, 1.82) is 0 Å². The molecule has 0 spiro atoms. The number of ketones is 2. The summed E-state index contributed by atoms with van der Waals surface area (Å²) in [7, 11) is 3.09. The molecule has 172 valence electrons. The number of hydrogen-bond donors (Lipinski definition) is 6. The molecule has 0 heterocycles. The molecule has 1 aromatic rings. The number of aromatic hydroxyl groups is 1. The number of Topliss-reactive ketones (excluding diaryl/α,β-unsaturated/α-hetero) is 2. The zero-order valence-electron chi connectivity index (χ0n) is 17.2. The number of hydrogen-bond acceptors (Lipinski definition) is 9. The predicted octanol–water partition coefficient (Wildman–Crippen LogP) is -0.570. The number of likely N-dealkylation sites (N-methyl/N-ethyl adjacent to an activating group) is 1. The number of aliphatic hydroxyl groups is 4. The van der Waals surface area contributed by atoms with Gasteiger partial charge in [-0.2, -0.15) is 0 Å². The van der Waals surface area contributed by atoms with Crippen LogP contribution in [0.2, 0.25) is 5.02 Å². The summed E-state index contributed by atoms with van der Waals surface area (Å²) in [6, 6.07) is 1.44. The molecule has 11 heteroatoms. The molecule has 0 radical (unpaired) electrons. The summed E-state index contributed by atoms with van der Waals surface area (Å²) in [4.78, 5) is 39.9. The molecule has 1 fully saturated rings. The fourth-order valence-electron chi connectivity index (χ4n) is 5.60. The van der Waals surface area contributed by atoms with E-state index in [1.807, 2.05) is 0 Å². The Morgan fingerprint density at radius 2 is 1.84 bits per heavy atom. The fourth-order valence-corrected chi connectivity index (χ4v) is 5.87. The number of phenols is 1. The number of rotatable bonds is 2. The highest BCUT2D eigenvalue weighted by atomic mass is 35.5. The highest BCUT2D eigenvalue weighted by molar-refractivity contribution is 6.32. The summed E-state index contributed by atoms with van der Waals surface area (Å²) < 4.78 is 0. The molecule has 0 aliphatic heterocycles. The number of amides is 1. The van der Waals surface area contributed by atoms with Gasteiger partial charge in [-0.3, -0.25) is 14.4 Å². The van der Waals surface area contributed by atoms with E-state index < -0.39 is 76.2 Å². The lowest BCUT2D eigenvalue weighted by Gasteiger charge is -2.54. The molecule has 7 unspecified atom stereocenters. The van der Waals surface area contributed by atoms with Gasteiger partial charge in [-0.1, -0.05) is 11.6 Å². The summed E-state index contributed by atoms with van der Waals surface area (Å²) in [5.41, 5.74) is 1.79. The maximum absolute atomic E-state index is 13.3. The minimum atomic E-state index is -2.71. The van der Waals surface area contributed by atoms with E-state index in [4.69, 9.17) is 17.3 Å². The van der Waals surface area contributed by atoms with Crippen LogP contribution in [0.5, 0.6) is 5.75 Å². The number of nitrogens with zero attached hydrogens (tertiary/aromatic N) is 1. The summed E-state index contributed by atoms with van der Waals surface area (Å²) in [5.74, 6) is -8.96. The third-order valence-electron chi connectivity index (χ3n) is 7.01. The van der Waals surface area contributed by atoms with Crippen LogP contribution in [0.1, 0.15) is 28.4 Å². The molecular weight excluding hydrogens is 444 g/mol. The number of fused-ring (bicyclic) bond motifs is 3. The van der Waals surface area contributed by atoms with Crippen molar-refractivity contribution in [2.24, 2.45) is 23.5 Å². The fraction of sp³-hybridized carbons (Fsp3) is 0.476. The molecule has 10 nitrogen and oxygen atoms in total. The van der Waals surface area contributed by atoms with Crippen LogP contribution < -0.4 is 5.73 Å². The normalized spacial score (nSPS) is 36.6. The van der Waals surface area contributed by atoms with Crippen molar-refractivity contribution in [2.45, 2.75) is 30.3 Å². The highest BCUT2D eigenvalue weighted by Crippen LogP contribution is 2.55. The van der Waals surface area contributed by atoms with Gasteiger partial charge in [0.05, 0.1) is 17.8 Å². The van der Waals surface area contributed by atoms with Crippen LogP contribution in [0.3, 0.4) is 0 Å². The number of primary amides is 1. The Kier molecular flexibility index (Phi) is 5.14. The molecular formula is C21H23ClN2O8. The van der Waals surface area contributed by atoms with Gasteiger partial charge in [-0.25, -0.2) is 0 Å². The summed E-state index contributed by atoms with van der Waals surface area (Å²) in [6.07, 6.45) is -3.25. The maximum Gasteiger partial charge on any atom is 0.230 e. The van der Waals surface area contributed by atoms with Crippen LogP contribution in [-0.2, 0) is 9.59 Å². The van der Waals surface area contributed by atoms with E-state index in [2.05, 4.69) is 0 Å². The Hall–Kier alpha value is -2.50. The average molecular weight is 467 g/mol. The van der Waals surface area contributed by atoms with Crippen LogP contribution in [0.4, 0.5) is 0 Å². The summed E-state index contributed by atoms with van der Waals surface area (Å²) in [5, 5.41) is 54.7. The van der Waals surface area contributed by atoms with Gasteiger partial charge in [0.25, 0.3) is 0 Å². The second-order valence-corrected chi connectivity index (χ2v) is 9.20. The van der Waals surface area contributed by atoms with E-state index >= 15 is 0 Å². The lowest BCUT2D eigenvalue weighted by Crippen LogP contribution is -2.71. The summed E-state index contributed by atoms with van der Waals surface area (Å²) >= 11 is 6.18. The first kappa shape index (κ1) is 22.7. The number of carbonyl (C=O) groups excluding carboxylic acids is 3. The molecule has 7 atom stereocenters. The minimum absolute atomic E-state index is 0.0238. The third-order valence-corrected chi connectivity index (χ3v) is 7.34. The lowest BCUT2D eigenvalue weighted by atomic mass is 9.55. The number of halogens is 1. The van der Waals surface area contributed by atoms with Crippen LogP contribution in [0.15, 0.2) is 23.5 Å². The smallest absolute Gasteiger partial charge is 0.230 e. The number of carbonyl (C=O) groups is 3. The van der Waals surface area contributed by atoms with Gasteiger partial charge in [0.2, 0.25) is 5.91 Å². The second kappa shape index (κ2) is 7.26. The first-order chi connectivity index (χ1) is 14.8. The van der Waals surface area contributed by atoms with Crippen molar-refractivity contribution in [1.82, 2.24) is 4.90 Å². The molecule has 0 aromatic heterocycles. The lowest BCUT2D eigenvalue weighted by molar-refractivity contribution is -0.179. The zero-order valence-corrected chi connectivity index (χ0v) is 17.9. The first-order valence-electron chi connectivity index (χ1n) is 9.93. The Bertz CT molecular complexity index is 1090. The Balaban J connectivity index is 1.99. The molecule has 1 aromatic carbocycles. The van der Waals surface area contributed by atoms with Gasteiger partial charge in [0.1, 0.15) is 17.4 Å². The molecule has 0 saturated heterocycles. The molecule has 4 rings (SSSR count). The van der Waals surface area contributed by atoms with Gasteiger partial charge in [0.15, 0.2) is 17.2 Å². The van der Waals surface area contributed by atoms with E-state index in [1.165, 1.54) is 11.0 Å². The van der Waals surface area contributed by atoms with Crippen molar-refractivity contribution in [3.8, 4) is 5.75 Å². The van der Waals surface area contributed by atoms with Gasteiger partial charge in [-0.15, -0.1) is 0 Å². The number of aliphatic hydroxyl groups excluding tert-OH is 3. The molecule has 7 N–H and O–H groups in total. The van der Waals surface area contributed by atoms with E-state index in [-0.39, 0.29) is 22.6 Å². The van der Waals surface area contributed by atoms with E-state index in [0.717, 1.165) is 6.07 Å². The topological polar surface area (TPSA) is 182 Å². The minimum Gasteiger partial charge on any atom is -0.508 e. The number of phenolic OH excluding ortho intramolecular Hbond substituents is 1. The van der Waals surface area contributed by atoms with Crippen molar-refractivity contribution in [3.05, 3.63) is 39.6 Å². The second-order valence-electron chi connectivity index (χ2n) is 8.80. The van der Waals surface area contributed by atoms with Gasteiger partial charge in [-0.05, 0) is 32.6 Å². The van der Waals surface area contributed by atoms with Crippen molar-refractivity contribution in [2.75, 3.05) is 14.1 Å². The molecule has 1 saturated carbocycles. The summed E-state index contributed by atoms with van der Waals surface area (Å²) in [6.45, 7) is 0. The Morgan fingerprint density at radius 1 is 1.22 bits per heavy atom. The number of benzene rings is 1. The van der Waals surface area contributed by atoms with Crippen LogP contribution >= 0.6 is 11.6 Å². The molecule has 1 amide bonds. The standard InChI is InChI=1S/C21H23ClN2O8/c1-24(2)14-7-5-6-10(16(27)12-9(25)4-3-8(22)11(12)15(6)26)18(29)21(7,32)19(30)13(17(14)28)20(23)31/h3-4,6-7,13-15,17,25-26,28-29,32H,5H2,1-2H3,(H2,23,31). The molecule has 3 aliphatic carbocycles. The Labute approximate surface area is 187 Å². The Morgan fingerprint density at radius 3 is 2.41 bits per heavy atom. The third kappa shape index (κ3) is 2.70. The van der Waals surface area contributed by atoms with Gasteiger partial charge >= 0.3 is 0 Å². The monoisotopic (exact) mass is 466 g/mol. The van der Waals surface area contributed by atoms with E-state index in [0.29, 0.717) is 0 Å². The van der Waals surface area contributed by atoms with Crippen molar-refractivity contribution < 1.29 is 39.9 Å². The predicted molar refractivity (Wildman–Crippen MR) is 110 cm³/mol.